The van der Waals surface area contributed by atoms with Gasteiger partial charge in [-0.2, -0.15) is 0 Å². The highest BCUT2D eigenvalue weighted by molar-refractivity contribution is 7.99. The summed E-state index contributed by atoms with van der Waals surface area (Å²) in [5, 5.41) is 3.49. The number of hydrogen-bond donors (Lipinski definition) is 1. The standard InChI is InChI=1S/C22H29N5OS/c28-22(26-13-14-29-17-26)20-15-19(16-23-20)24-9-11-25(12-10-24)21-7-4-8-27(21)18-5-2-1-3-6-18/h1-8,19-20,23H,9-17H2/t19-,20-/m0/s1. The van der Waals surface area contributed by atoms with Crippen LogP contribution in [0.1, 0.15) is 6.42 Å². The van der Waals surface area contributed by atoms with Gasteiger partial charge >= 0.3 is 0 Å². The van der Waals surface area contributed by atoms with Gasteiger partial charge in [0.05, 0.1) is 11.9 Å². The summed E-state index contributed by atoms with van der Waals surface area (Å²) in [5.41, 5.74) is 1.20. The summed E-state index contributed by atoms with van der Waals surface area (Å²) in [6, 6.07) is 15.4. The third-order valence-electron chi connectivity index (χ3n) is 6.39. The Bertz CT molecular complexity index is 827. The van der Waals surface area contributed by atoms with Crippen LogP contribution in [0.2, 0.25) is 0 Å². The molecule has 0 unspecified atom stereocenters. The third kappa shape index (κ3) is 3.91. The van der Waals surface area contributed by atoms with Gasteiger partial charge < -0.3 is 19.7 Å². The first kappa shape index (κ1) is 19.0. The van der Waals surface area contributed by atoms with Crippen LogP contribution in [-0.2, 0) is 4.79 Å². The molecule has 0 spiro atoms. The van der Waals surface area contributed by atoms with Crippen LogP contribution in [0, 0.1) is 0 Å². The Labute approximate surface area is 176 Å². The van der Waals surface area contributed by atoms with Crippen molar-refractivity contribution in [2.24, 2.45) is 0 Å². The van der Waals surface area contributed by atoms with E-state index in [1.807, 2.05) is 16.7 Å². The number of piperazine rings is 1. The number of rotatable bonds is 4. The predicted molar refractivity (Wildman–Crippen MR) is 119 cm³/mol. The molecule has 3 fully saturated rings. The monoisotopic (exact) mass is 411 g/mol. The molecule has 0 aliphatic carbocycles. The van der Waals surface area contributed by atoms with Crippen molar-refractivity contribution >= 4 is 23.5 Å². The Morgan fingerprint density at radius 1 is 1.00 bits per heavy atom. The van der Waals surface area contributed by atoms with Crippen molar-refractivity contribution in [3.63, 3.8) is 0 Å². The fourth-order valence-corrected chi connectivity index (χ4v) is 5.70. The second-order valence-electron chi connectivity index (χ2n) is 8.08. The molecule has 5 rings (SSSR count). The van der Waals surface area contributed by atoms with Crippen LogP contribution < -0.4 is 10.2 Å². The maximum Gasteiger partial charge on any atom is 0.240 e. The average Bonchev–Trinajstić information content (AvgIpc) is 3.56. The molecule has 3 aliphatic heterocycles. The number of hydrogen-bond acceptors (Lipinski definition) is 5. The number of aromatic nitrogens is 1. The SMILES string of the molecule is O=C([C@@H]1C[C@H](N2CCN(c3cccn3-c3ccccc3)CC2)CN1)N1CCSC1. The number of anilines is 1. The summed E-state index contributed by atoms with van der Waals surface area (Å²) in [6.45, 7) is 5.98. The van der Waals surface area contributed by atoms with E-state index in [2.05, 4.69) is 68.3 Å². The highest BCUT2D eigenvalue weighted by Gasteiger charge is 2.36. The number of amides is 1. The zero-order valence-electron chi connectivity index (χ0n) is 16.7. The zero-order chi connectivity index (χ0) is 19.6. The molecule has 1 amide bonds. The summed E-state index contributed by atoms with van der Waals surface area (Å²) in [5.74, 6) is 3.51. The second-order valence-corrected chi connectivity index (χ2v) is 9.16. The van der Waals surface area contributed by atoms with Gasteiger partial charge in [0.25, 0.3) is 0 Å². The fraction of sp³-hybridized carbons (Fsp3) is 0.500. The Hall–Kier alpha value is -1.96. The van der Waals surface area contributed by atoms with Gasteiger partial charge in [0, 0.05) is 62.9 Å². The molecule has 1 aromatic heterocycles. The molecule has 1 aromatic carbocycles. The Kier molecular flexibility index (Phi) is 5.52. The van der Waals surface area contributed by atoms with Crippen molar-refractivity contribution in [2.45, 2.75) is 18.5 Å². The minimum absolute atomic E-state index is 0.00652. The van der Waals surface area contributed by atoms with Crippen LogP contribution in [0.3, 0.4) is 0 Å². The molecule has 3 saturated heterocycles. The second kappa shape index (κ2) is 8.42. The van der Waals surface area contributed by atoms with Gasteiger partial charge in [0.15, 0.2) is 0 Å². The molecule has 6 nitrogen and oxygen atoms in total. The Balaban J connectivity index is 1.18. The van der Waals surface area contributed by atoms with E-state index in [0.29, 0.717) is 11.9 Å². The summed E-state index contributed by atoms with van der Waals surface area (Å²) in [6.07, 6.45) is 3.09. The molecule has 3 aliphatic rings. The van der Waals surface area contributed by atoms with Gasteiger partial charge in [-0.15, -0.1) is 11.8 Å². The van der Waals surface area contributed by atoms with Gasteiger partial charge in [-0.05, 0) is 30.7 Å². The van der Waals surface area contributed by atoms with Crippen molar-refractivity contribution < 1.29 is 4.79 Å². The molecule has 1 N–H and O–H groups in total. The van der Waals surface area contributed by atoms with Gasteiger partial charge in [-0.25, -0.2) is 0 Å². The number of carbonyl (C=O) groups excluding carboxylic acids is 1. The molecule has 7 heteroatoms. The zero-order valence-corrected chi connectivity index (χ0v) is 17.6. The van der Waals surface area contributed by atoms with Crippen LogP contribution in [0.5, 0.6) is 0 Å². The summed E-state index contributed by atoms with van der Waals surface area (Å²) < 4.78 is 2.27. The molecule has 29 heavy (non-hydrogen) atoms. The van der Waals surface area contributed by atoms with E-state index in [4.69, 9.17) is 0 Å². The van der Waals surface area contributed by atoms with Gasteiger partial charge in [-0.3, -0.25) is 9.69 Å². The van der Waals surface area contributed by atoms with Gasteiger partial charge in [0.1, 0.15) is 5.82 Å². The Morgan fingerprint density at radius 3 is 2.59 bits per heavy atom. The lowest BCUT2D eigenvalue weighted by Gasteiger charge is -2.39. The van der Waals surface area contributed by atoms with E-state index in [1.54, 1.807) is 0 Å². The molecular formula is C22H29N5OS. The van der Waals surface area contributed by atoms with Gasteiger partial charge in [0.2, 0.25) is 5.91 Å². The van der Waals surface area contributed by atoms with Crippen molar-refractivity contribution in [3.8, 4) is 5.69 Å². The molecule has 0 radical (unpaired) electrons. The first-order valence-corrected chi connectivity index (χ1v) is 11.8. The lowest BCUT2D eigenvalue weighted by Crippen LogP contribution is -2.51. The molecule has 2 atom stereocenters. The molecule has 154 valence electrons. The van der Waals surface area contributed by atoms with E-state index >= 15 is 0 Å². The Morgan fingerprint density at radius 2 is 1.83 bits per heavy atom. The number of nitrogens with one attached hydrogen (secondary N) is 1. The fourth-order valence-electron chi connectivity index (χ4n) is 4.74. The number of benzene rings is 1. The number of carbonyl (C=O) groups is 1. The van der Waals surface area contributed by atoms with Crippen LogP contribution in [0.4, 0.5) is 5.82 Å². The van der Waals surface area contributed by atoms with E-state index in [-0.39, 0.29) is 6.04 Å². The van der Waals surface area contributed by atoms with Crippen LogP contribution in [0.25, 0.3) is 5.69 Å². The molecular weight excluding hydrogens is 382 g/mol. The molecule has 0 bridgehead atoms. The summed E-state index contributed by atoms with van der Waals surface area (Å²) in [7, 11) is 0. The average molecular weight is 412 g/mol. The van der Waals surface area contributed by atoms with E-state index in [1.165, 1.54) is 11.5 Å². The maximum atomic E-state index is 12.7. The number of nitrogens with zero attached hydrogens (tertiary/aromatic N) is 4. The lowest BCUT2D eigenvalue weighted by molar-refractivity contribution is -0.131. The smallest absolute Gasteiger partial charge is 0.240 e. The van der Waals surface area contributed by atoms with Crippen molar-refractivity contribution in [2.75, 3.05) is 55.8 Å². The number of thioether (sulfide) groups is 1. The summed E-state index contributed by atoms with van der Waals surface area (Å²) >= 11 is 1.86. The van der Waals surface area contributed by atoms with Crippen LogP contribution in [0.15, 0.2) is 48.7 Å². The largest absolute Gasteiger partial charge is 0.355 e. The molecule has 2 aromatic rings. The van der Waals surface area contributed by atoms with Crippen LogP contribution in [-0.4, -0.2) is 83.3 Å². The van der Waals surface area contributed by atoms with Crippen molar-refractivity contribution in [1.29, 1.82) is 0 Å². The van der Waals surface area contributed by atoms with Crippen LogP contribution >= 0.6 is 11.8 Å². The maximum absolute atomic E-state index is 12.7. The highest BCUT2D eigenvalue weighted by Crippen LogP contribution is 2.25. The first-order valence-electron chi connectivity index (χ1n) is 10.6. The highest BCUT2D eigenvalue weighted by atomic mass is 32.2. The minimum atomic E-state index is 0.00652. The normalized spacial score (nSPS) is 25.7. The first-order chi connectivity index (χ1) is 14.3. The molecule has 4 heterocycles. The lowest BCUT2D eigenvalue weighted by atomic mass is 10.1. The minimum Gasteiger partial charge on any atom is -0.355 e. The number of para-hydroxylation sites is 1. The molecule has 0 saturated carbocycles. The van der Waals surface area contributed by atoms with E-state index in [0.717, 1.165) is 57.3 Å². The summed E-state index contributed by atoms with van der Waals surface area (Å²) in [4.78, 5) is 19.7. The topological polar surface area (TPSA) is 43.8 Å². The van der Waals surface area contributed by atoms with E-state index < -0.39 is 0 Å². The van der Waals surface area contributed by atoms with E-state index in [9.17, 15) is 4.79 Å². The van der Waals surface area contributed by atoms with Crippen molar-refractivity contribution in [3.05, 3.63) is 48.7 Å². The van der Waals surface area contributed by atoms with Crippen molar-refractivity contribution in [1.82, 2.24) is 19.7 Å². The van der Waals surface area contributed by atoms with Gasteiger partial charge in [-0.1, -0.05) is 18.2 Å². The quantitative estimate of drug-likeness (QED) is 0.832. The third-order valence-corrected chi connectivity index (χ3v) is 7.35. The predicted octanol–water partition coefficient (Wildman–Crippen LogP) is 1.86.